The highest BCUT2D eigenvalue weighted by molar-refractivity contribution is 5.22. The lowest BCUT2D eigenvalue weighted by Gasteiger charge is -2.44. The van der Waals surface area contributed by atoms with Gasteiger partial charge in [-0.15, -0.1) is 0 Å². The van der Waals surface area contributed by atoms with Crippen molar-refractivity contribution in [3.63, 3.8) is 0 Å². The Morgan fingerprint density at radius 1 is 1.00 bits per heavy atom. The van der Waals surface area contributed by atoms with E-state index in [0.29, 0.717) is 6.54 Å². The van der Waals surface area contributed by atoms with Crippen LogP contribution in [0.2, 0.25) is 0 Å². The minimum atomic E-state index is -0.203. The van der Waals surface area contributed by atoms with Crippen LogP contribution >= 0.6 is 0 Å². The van der Waals surface area contributed by atoms with Gasteiger partial charge in [-0.2, -0.15) is 0 Å². The maximum Gasteiger partial charge on any atom is 0.123 e. The first-order valence-electron chi connectivity index (χ1n) is 11.0. The molecular formula is C27H35FN2. The van der Waals surface area contributed by atoms with E-state index in [1.807, 2.05) is 19.1 Å². The van der Waals surface area contributed by atoms with Gasteiger partial charge >= 0.3 is 0 Å². The number of benzene rings is 2. The summed E-state index contributed by atoms with van der Waals surface area (Å²) in [5, 5.41) is 0. The quantitative estimate of drug-likeness (QED) is 0.475. The summed E-state index contributed by atoms with van der Waals surface area (Å²) in [5.74, 6) is -0.203. The molecule has 0 bridgehead atoms. The molecule has 3 rings (SSSR count). The van der Waals surface area contributed by atoms with Gasteiger partial charge in [0.2, 0.25) is 0 Å². The molecule has 0 N–H and O–H groups in total. The molecule has 0 atom stereocenters. The van der Waals surface area contributed by atoms with Gasteiger partial charge < -0.3 is 9.80 Å². The molecule has 0 unspecified atom stereocenters. The largest absolute Gasteiger partial charge is 0.345 e. The Bertz CT molecular complexity index is 833. The molecule has 0 spiro atoms. The van der Waals surface area contributed by atoms with Crippen LogP contribution in [0, 0.1) is 11.2 Å². The van der Waals surface area contributed by atoms with Crippen molar-refractivity contribution < 1.29 is 4.39 Å². The SMILES string of the molecule is C=C(C)N(Cc1ccc(F)cc1)C(=C)C1(C)CCN(CCCc2ccccc2)CC1. The van der Waals surface area contributed by atoms with Gasteiger partial charge in [-0.25, -0.2) is 4.39 Å². The predicted octanol–water partition coefficient (Wildman–Crippen LogP) is 6.41. The third-order valence-electron chi connectivity index (χ3n) is 6.48. The predicted molar refractivity (Wildman–Crippen MR) is 124 cm³/mol. The Morgan fingerprint density at radius 2 is 1.63 bits per heavy atom. The second-order valence-corrected chi connectivity index (χ2v) is 8.89. The molecule has 160 valence electrons. The minimum Gasteiger partial charge on any atom is -0.345 e. The third kappa shape index (κ3) is 5.82. The molecule has 0 aromatic heterocycles. The Balaban J connectivity index is 1.53. The summed E-state index contributed by atoms with van der Waals surface area (Å²) < 4.78 is 13.3. The van der Waals surface area contributed by atoms with Crippen LogP contribution in [-0.2, 0) is 13.0 Å². The van der Waals surface area contributed by atoms with Gasteiger partial charge in [0.25, 0.3) is 0 Å². The number of halogens is 1. The van der Waals surface area contributed by atoms with E-state index in [2.05, 4.69) is 60.2 Å². The number of piperidine rings is 1. The van der Waals surface area contributed by atoms with E-state index in [9.17, 15) is 4.39 Å². The number of allylic oxidation sites excluding steroid dienone is 2. The molecule has 2 aromatic rings. The summed E-state index contributed by atoms with van der Waals surface area (Å²) in [5.41, 5.74) is 4.67. The maximum absolute atomic E-state index is 13.3. The highest BCUT2D eigenvalue weighted by atomic mass is 19.1. The van der Waals surface area contributed by atoms with Crippen molar-refractivity contribution in [2.45, 2.75) is 46.1 Å². The first-order valence-corrected chi connectivity index (χ1v) is 11.0. The van der Waals surface area contributed by atoms with E-state index in [0.717, 1.165) is 55.9 Å². The second-order valence-electron chi connectivity index (χ2n) is 8.89. The van der Waals surface area contributed by atoms with E-state index < -0.39 is 0 Å². The molecule has 1 aliphatic heterocycles. The van der Waals surface area contributed by atoms with Crippen LogP contribution < -0.4 is 0 Å². The van der Waals surface area contributed by atoms with Crippen LogP contribution in [0.15, 0.2) is 79.1 Å². The number of likely N-dealkylation sites (tertiary alicyclic amines) is 1. The van der Waals surface area contributed by atoms with E-state index in [1.165, 1.54) is 24.1 Å². The zero-order chi connectivity index (χ0) is 21.6. The van der Waals surface area contributed by atoms with Crippen molar-refractivity contribution in [3.05, 3.63) is 96.1 Å². The molecule has 1 aliphatic rings. The van der Waals surface area contributed by atoms with Crippen LogP contribution in [0.1, 0.15) is 44.2 Å². The monoisotopic (exact) mass is 406 g/mol. The summed E-state index contributed by atoms with van der Waals surface area (Å²) in [6.45, 7) is 17.1. The van der Waals surface area contributed by atoms with Crippen LogP contribution in [0.3, 0.4) is 0 Å². The van der Waals surface area contributed by atoms with Gasteiger partial charge in [0.15, 0.2) is 0 Å². The van der Waals surface area contributed by atoms with Crippen LogP contribution in [-0.4, -0.2) is 29.4 Å². The normalized spacial score (nSPS) is 16.2. The Hall–Kier alpha value is -2.39. The van der Waals surface area contributed by atoms with Gasteiger partial charge in [-0.1, -0.05) is 62.5 Å². The first-order chi connectivity index (χ1) is 14.4. The molecule has 0 saturated carbocycles. The molecule has 1 heterocycles. The summed E-state index contributed by atoms with van der Waals surface area (Å²) >= 11 is 0. The molecule has 1 fully saturated rings. The molecule has 0 aliphatic carbocycles. The van der Waals surface area contributed by atoms with E-state index >= 15 is 0 Å². The van der Waals surface area contributed by atoms with Crippen LogP contribution in [0.5, 0.6) is 0 Å². The molecular weight excluding hydrogens is 371 g/mol. The van der Waals surface area contributed by atoms with Crippen LogP contribution in [0.4, 0.5) is 4.39 Å². The Morgan fingerprint density at radius 3 is 2.23 bits per heavy atom. The smallest absolute Gasteiger partial charge is 0.123 e. The standard InChI is InChI=1S/C27H35FN2/c1-22(2)30(21-25-12-14-26(28)15-13-25)23(3)27(4)16-19-29(20-17-27)18-8-11-24-9-6-5-7-10-24/h5-7,9-10,12-15H,1,3,8,11,16-21H2,2,4H3. The van der Waals surface area contributed by atoms with Crippen molar-refractivity contribution in [2.75, 3.05) is 19.6 Å². The fourth-order valence-corrected chi connectivity index (χ4v) is 4.27. The van der Waals surface area contributed by atoms with Gasteiger partial charge in [-0.05, 0) is 75.5 Å². The molecule has 0 radical (unpaired) electrons. The minimum absolute atomic E-state index is 0.0644. The molecule has 0 amide bonds. The van der Waals surface area contributed by atoms with E-state index in [1.54, 1.807) is 0 Å². The molecule has 30 heavy (non-hydrogen) atoms. The van der Waals surface area contributed by atoms with E-state index in [-0.39, 0.29) is 11.2 Å². The molecule has 2 nitrogen and oxygen atoms in total. The lowest BCUT2D eigenvalue weighted by Crippen LogP contribution is -2.43. The van der Waals surface area contributed by atoms with Crippen molar-refractivity contribution >= 4 is 0 Å². The van der Waals surface area contributed by atoms with Crippen LogP contribution in [0.25, 0.3) is 0 Å². The highest BCUT2D eigenvalue weighted by Gasteiger charge is 2.35. The number of hydrogen-bond donors (Lipinski definition) is 0. The van der Waals surface area contributed by atoms with Crippen molar-refractivity contribution in [3.8, 4) is 0 Å². The highest BCUT2D eigenvalue weighted by Crippen LogP contribution is 2.40. The number of nitrogens with zero attached hydrogens (tertiary/aromatic N) is 2. The average molecular weight is 407 g/mol. The van der Waals surface area contributed by atoms with Crippen molar-refractivity contribution in [2.24, 2.45) is 5.41 Å². The number of aryl methyl sites for hydroxylation is 1. The summed E-state index contributed by atoms with van der Waals surface area (Å²) in [6, 6.07) is 17.5. The second kappa shape index (κ2) is 10.1. The third-order valence-corrected chi connectivity index (χ3v) is 6.48. The summed E-state index contributed by atoms with van der Waals surface area (Å²) in [6.07, 6.45) is 4.54. The molecule has 1 saturated heterocycles. The zero-order valence-corrected chi connectivity index (χ0v) is 18.5. The summed E-state index contributed by atoms with van der Waals surface area (Å²) in [7, 11) is 0. The maximum atomic E-state index is 13.3. The van der Waals surface area contributed by atoms with Crippen molar-refractivity contribution in [1.29, 1.82) is 0 Å². The summed E-state index contributed by atoms with van der Waals surface area (Å²) in [4.78, 5) is 4.79. The number of rotatable bonds is 9. The Kier molecular flexibility index (Phi) is 7.49. The zero-order valence-electron chi connectivity index (χ0n) is 18.5. The van der Waals surface area contributed by atoms with Gasteiger partial charge in [0.05, 0.1) is 0 Å². The fraction of sp³-hybridized carbons (Fsp3) is 0.407. The lowest BCUT2D eigenvalue weighted by molar-refractivity contribution is 0.121. The number of hydrogen-bond acceptors (Lipinski definition) is 2. The molecule has 2 aromatic carbocycles. The molecule has 3 heteroatoms. The van der Waals surface area contributed by atoms with Gasteiger partial charge in [0.1, 0.15) is 5.82 Å². The van der Waals surface area contributed by atoms with E-state index in [4.69, 9.17) is 0 Å². The fourth-order valence-electron chi connectivity index (χ4n) is 4.27. The van der Waals surface area contributed by atoms with Gasteiger partial charge in [0, 0.05) is 23.4 Å². The van der Waals surface area contributed by atoms with Crippen molar-refractivity contribution in [1.82, 2.24) is 9.80 Å². The topological polar surface area (TPSA) is 6.48 Å². The lowest BCUT2D eigenvalue weighted by atomic mass is 9.77. The average Bonchev–Trinajstić information content (AvgIpc) is 2.75. The first kappa shape index (κ1) is 22.3. The Labute approximate surface area is 181 Å². The van der Waals surface area contributed by atoms with Gasteiger partial charge in [-0.3, -0.25) is 0 Å².